The van der Waals surface area contributed by atoms with Crippen molar-refractivity contribution in [2.45, 2.75) is 52.0 Å². The van der Waals surface area contributed by atoms with Gasteiger partial charge in [0.2, 0.25) is 5.91 Å². The second-order valence-electron chi connectivity index (χ2n) is 6.61. The summed E-state index contributed by atoms with van der Waals surface area (Å²) in [6.45, 7) is 9.89. The SMILES string of the molecule is CC(=O)N1CCC(Nc2ccc(C(C)(C)C)cn2)CC1. The first-order chi connectivity index (χ1) is 9.36. The lowest BCUT2D eigenvalue weighted by Gasteiger charge is -2.32. The van der Waals surface area contributed by atoms with E-state index in [0.29, 0.717) is 6.04 Å². The van der Waals surface area contributed by atoms with Crippen LogP contribution in [0.1, 0.15) is 46.1 Å². The number of rotatable bonds is 2. The van der Waals surface area contributed by atoms with Gasteiger partial charge in [-0.3, -0.25) is 4.79 Å². The van der Waals surface area contributed by atoms with Crippen LogP contribution < -0.4 is 5.32 Å². The van der Waals surface area contributed by atoms with Crippen molar-refractivity contribution in [3.8, 4) is 0 Å². The topological polar surface area (TPSA) is 45.2 Å². The van der Waals surface area contributed by atoms with Crippen LogP contribution in [0.4, 0.5) is 5.82 Å². The summed E-state index contributed by atoms with van der Waals surface area (Å²) in [5.74, 6) is 1.11. The van der Waals surface area contributed by atoms with Gasteiger partial charge in [-0.2, -0.15) is 0 Å². The van der Waals surface area contributed by atoms with Crippen molar-refractivity contribution in [1.29, 1.82) is 0 Å². The molecule has 0 aromatic carbocycles. The molecular formula is C16H25N3O. The highest BCUT2D eigenvalue weighted by Crippen LogP contribution is 2.22. The highest BCUT2D eigenvalue weighted by molar-refractivity contribution is 5.73. The number of hydrogen-bond donors (Lipinski definition) is 1. The number of anilines is 1. The van der Waals surface area contributed by atoms with Crippen LogP contribution in [0.25, 0.3) is 0 Å². The van der Waals surface area contributed by atoms with Gasteiger partial charge in [0.25, 0.3) is 0 Å². The maximum absolute atomic E-state index is 11.3. The highest BCUT2D eigenvalue weighted by atomic mass is 16.2. The van der Waals surface area contributed by atoms with Gasteiger partial charge in [0.05, 0.1) is 0 Å². The molecule has 1 amide bonds. The number of carbonyl (C=O) groups excluding carboxylic acids is 1. The molecule has 0 aliphatic carbocycles. The zero-order chi connectivity index (χ0) is 14.8. The van der Waals surface area contributed by atoms with E-state index in [2.05, 4.69) is 43.2 Å². The van der Waals surface area contributed by atoms with E-state index >= 15 is 0 Å². The molecule has 1 aliphatic rings. The molecule has 1 aromatic heterocycles. The maximum Gasteiger partial charge on any atom is 0.219 e. The van der Waals surface area contributed by atoms with E-state index in [4.69, 9.17) is 0 Å². The fraction of sp³-hybridized carbons (Fsp3) is 0.625. The van der Waals surface area contributed by atoms with Crippen LogP contribution in [0.2, 0.25) is 0 Å². The minimum absolute atomic E-state index is 0.137. The molecule has 0 unspecified atom stereocenters. The van der Waals surface area contributed by atoms with Crippen LogP contribution in [0.5, 0.6) is 0 Å². The molecule has 20 heavy (non-hydrogen) atoms. The van der Waals surface area contributed by atoms with E-state index in [-0.39, 0.29) is 11.3 Å². The third kappa shape index (κ3) is 3.71. The standard InChI is InChI=1S/C16H25N3O/c1-12(20)19-9-7-14(8-10-19)18-15-6-5-13(11-17-15)16(2,3)4/h5-6,11,14H,7-10H2,1-4H3,(H,17,18). The normalized spacial score (nSPS) is 17.1. The molecule has 1 aromatic rings. The molecule has 4 heteroatoms. The molecule has 2 heterocycles. The molecule has 2 rings (SSSR count). The van der Waals surface area contributed by atoms with Gasteiger partial charge in [0.1, 0.15) is 5.82 Å². The largest absolute Gasteiger partial charge is 0.367 e. The summed E-state index contributed by atoms with van der Waals surface area (Å²) in [6.07, 6.45) is 3.93. The minimum Gasteiger partial charge on any atom is -0.367 e. The number of pyridine rings is 1. The minimum atomic E-state index is 0.137. The first-order valence-electron chi connectivity index (χ1n) is 7.35. The number of piperidine rings is 1. The molecule has 1 fully saturated rings. The van der Waals surface area contributed by atoms with Crippen LogP contribution in [-0.2, 0) is 10.2 Å². The maximum atomic E-state index is 11.3. The lowest BCUT2D eigenvalue weighted by atomic mass is 9.88. The van der Waals surface area contributed by atoms with Crippen molar-refractivity contribution in [3.05, 3.63) is 23.9 Å². The first-order valence-corrected chi connectivity index (χ1v) is 7.35. The van der Waals surface area contributed by atoms with Crippen molar-refractivity contribution in [2.24, 2.45) is 0 Å². The smallest absolute Gasteiger partial charge is 0.219 e. The Morgan fingerprint density at radius 1 is 1.30 bits per heavy atom. The predicted octanol–water partition coefficient (Wildman–Crippen LogP) is 2.80. The fourth-order valence-electron chi connectivity index (χ4n) is 2.47. The van der Waals surface area contributed by atoms with Gasteiger partial charge in [-0.1, -0.05) is 26.8 Å². The number of amides is 1. The molecule has 0 atom stereocenters. The van der Waals surface area contributed by atoms with Gasteiger partial charge in [-0.25, -0.2) is 4.98 Å². The summed E-state index contributed by atoms with van der Waals surface area (Å²) in [6, 6.07) is 4.61. The van der Waals surface area contributed by atoms with Crippen LogP contribution in [0.15, 0.2) is 18.3 Å². The van der Waals surface area contributed by atoms with Crippen LogP contribution in [0, 0.1) is 0 Å². The molecule has 1 aliphatic heterocycles. The Morgan fingerprint density at radius 3 is 2.40 bits per heavy atom. The second-order valence-corrected chi connectivity index (χ2v) is 6.61. The van der Waals surface area contributed by atoms with Crippen molar-refractivity contribution in [2.75, 3.05) is 18.4 Å². The number of nitrogens with zero attached hydrogens (tertiary/aromatic N) is 2. The van der Waals surface area contributed by atoms with Gasteiger partial charge in [0.15, 0.2) is 0 Å². The van der Waals surface area contributed by atoms with Crippen LogP contribution >= 0.6 is 0 Å². The summed E-state index contributed by atoms with van der Waals surface area (Å²) >= 11 is 0. The highest BCUT2D eigenvalue weighted by Gasteiger charge is 2.21. The molecule has 0 radical (unpaired) electrons. The Labute approximate surface area is 121 Å². The fourth-order valence-corrected chi connectivity index (χ4v) is 2.47. The van der Waals surface area contributed by atoms with Crippen LogP contribution in [-0.4, -0.2) is 34.9 Å². The van der Waals surface area contributed by atoms with E-state index in [1.807, 2.05) is 11.1 Å². The molecular weight excluding hydrogens is 250 g/mol. The van der Waals surface area contributed by atoms with E-state index in [1.54, 1.807) is 6.92 Å². The Balaban J connectivity index is 1.90. The predicted molar refractivity (Wildman–Crippen MR) is 81.8 cm³/mol. The first kappa shape index (κ1) is 14.8. The van der Waals surface area contributed by atoms with E-state index in [1.165, 1.54) is 5.56 Å². The van der Waals surface area contributed by atoms with E-state index in [0.717, 1.165) is 31.7 Å². The van der Waals surface area contributed by atoms with Crippen molar-refractivity contribution >= 4 is 11.7 Å². The van der Waals surface area contributed by atoms with Gasteiger partial charge >= 0.3 is 0 Å². The van der Waals surface area contributed by atoms with E-state index in [9.17, 15) is 4.79 Å². The van der Waals surface area contributed by atoms with Gasteiger partial charge in [-0.15, -0.1) is 0 Å². The summed E-state index contributed by atoms with van der Waals surface area (Å²) in [5, 5.41) is 3.47. The molecule has 110 valence electrons. The van der Waals surface area contributed by atoms with Crippen molar-refractivity contribution < 1.29 is 4.79 Å². The summed E-state index contributed by atoms with van der Waals surface area (Å²) in [7, 11) is 0. The zero-order valence-corrected chi connectivity index (χ0v) is 12.9. The van der Waals surface area contributed by atoms with Crippen LogP contribution in [0.3, 0.4) is 0 Å². The number of carbonyl (C=O) groups is 1. The number of nitrogens with one attached hydrogen (secondary N) is 1. The quantitative estimate of drug-likeness (QED) is 0.902. The molecule has 4 nitrogen and oxygen atoms in total. The molecule has 1 saturated heterocycles. The third-order valence-electron chi connectivity index (χ3n) is 3.92. The molecule has 0 saturated carbocycles. The third-order valence-corrected chi connectivity index (χ3v) is 3.92. The summed E-state index contributed by atoms with van der Waals surface area (Å²) < 4.78 is 0. The van der Waals surface area contributed by atoms with Gasteiger partial charge < -0.3 is 10.2 Å². The van der Waals surface area contributed by atoms with Gasteiger partial charge in [-0.05, 0) is 29.9 Å². The Hall–Kier alpha value is -1.58. The number of aromatic nitrogens is 1. The Morgan fingerprint density at radius 2 is 1.95 bits per heavy atom. The monoisotopic (exact) mass is 275 g/mol. The summed E-state index contributed by atoms with van der Waals surface area (Å²) in [4.78, 5) is 17.7. The molecule has 0 spiro atoms. The van der Waals surface area contributed by atoms with Crippen molar-refractivity contribution in [1.82, 2.24) is 9.88 Å². The number of hydrogen-bond acceptors (Lipinski definition) is 3. The Bertz CT molecular complexity index is 454. The Kier molecular flexibility index (Phi) is 4.31. The summed E-state index contributed by atoms with van der Waals surface area (Å²) in [5.41, 5.74) is 1.38. The average molecular weight is 275 g/mol. The molecule has 0 bridgehead atoms. The van der Waals surface area contributed by atoms with Crippen molar-refractivity contribution in [3.63, 3.8) is 0 Å². The van der Waals surface area contributed by atoms with Gasteiger partial charge in [0, 0.05) is 32.3 Å². The second kappa shape index (κ2) is 5.81. The number of likely N-dealkylation sites (tertiary alicyclic amines) is 1. The lowest BCUT2D eigenvalue weighted by Crippen LogP contribution is -2.41. The molecule has 1 N–H and O–H groups in total. The zero-order valence-electron chi connectivity index (χ0n) is 12.9. The van der Waals surface area contributed by atoms with E-state index < -0.39 is 0 Å². The lowest BCUT2D eigenvalue weighted by molar-refractivity contribution is -0.129. The average Bonchev–Trinajstić information content (AvgIpc) is 2.39.